The van der Waals surface area contributed by atoms with Crippen LogP contribution in [0.1, 0.15) is 72.1 Å². The van der Waals surface area contributed by atoms with E-state index in [0.717, 1.165) is 6.08 Å². The lowest BCUT2D eigenvalue weighted by Crippen LogP contribution is -2.64. The molecular formula is C28H37FO9. The molecule has 2 unspecified atom stereocenters. The molecule has 0 aromatic heterocycles. The van der Waals surface area contributed by atoms with Crippen LogP contribution in [0.3, 0.4) is 0 Å². The molecule has 0 aromatic rings. The summed E-state index contributed by atoms with van der Waals surface area (Å²) in [5.74, 6) is -5.45. The van der Waals surface area contributed by atoms with Gasteiger partial charge in [-0.1, -0.05) is 20.8 Å². The maximum Gasteiger partial charge on any atom is 0.306 e. The molecule has 5 rings (SSSR count). The van der Waals surface area contributed by atoms with Crippen LogP contribution >= 0.6 is 0 Å². The van der Waals surface area contributed by atoms with Gasteiger partial charge >= 0.3 is 17.9 Å². The van der Waals surface area contributed by atoms with Gasteiger partial charge in [0.15, 0.2) is 0 Å². The van der Waals surface area contributed by atoms with Gasteiger partial charge in [-0.25, -0.2) is 4.39 Å². The molecule has 3 saturated carbocycles. The lowest BCUT2D eigenvalue weighted by atomic mass is 9.43. The van der Waals surface area contributed by atoms with Crippen LogP contribution in [0.4, 0.5) is 4.39 Å². The quantitative estimate of drug-likeness (QED) is 0.286. The van der Waals surface area contributed by atoms with Crippen LogP contribution in [0.25, 0.3) is 0 Å². The second-order valence-corrected chi connectivity index (χ2v) is 13.2. The molecule has 0 radical (unpaired) electrons. The Morgan fingerprint density at radius 3 is 2.13 bits per heavy atom. The smallest absolute Gasteiger partial charge is 0.306 e. The van der Waals surface area contributed by atoms with Crippen molar-refractivity contribution in [1.82, 2.24) is 0 Å². The van der Waals surface area contributed by atoms with Gasteiger partial charge in [-0.3, -0.25) is 14.4 Å². The highest BCUT2D eigenvalue weighted by Crippen LogP contribution is 2.78. The van der Waals surface area contributed by atoms with Crippen LogP contribution < -0.4 is 0 Å². The fourth-order valence-corrected chi connectivity index (χ4v) is 9.96. The van der Waals surface area contributed by atoms with E-state index in [2.05, 4.69) is 0 Å². The van der Waals surface area contributed by atoms with Gasteiger partial charge in [0.2, 0.25) is 0 Å². The first-order chi connectivity index (χ1) is 17.4. The molecule has 5 aliphatic rings. The third kappa shape index (κ3) is 3.05. The van der Waals surface area contributed by atoms with Crippen LogP contribution in [0.15, 0.2) is 23.6 Å². The van der Waals surface area contributed by atoms with E-state index in [0.29, 0.717) is 25.7 Å². The van der Waals surface area contributed by atoms with Gasteiger partial charge in [0.05, 0.1) is 12.8 Å². The molecule has 210 valence electrons. The minimum atomic E-state index is -2.33. The number of fused-ring (bicyclic) bond motifs is 7. The number of aliphatic carboxylic acids is 3. The molecule has 0 aromatic carbocycles. The second kappa shape index (κ2) is 7.88. The fraction of sp³-hybridized carbons (Fsp3) is 0.750. The number of halogens is 1. The Bertz CT molecular complexity index is 1180. The molecule has 0 bridgehead atoms. The lowest BCUT2D eigenvalue weighted by Gasteiger charge is -2.61. The number of aliphatic hydroxyl groups is 3. The predicted octanol–water partition coefficient (Wildman–Crippen LogP) is 2.89. The van der Waals surface area contributed by atoms with Gasteiger partial charge in [0.1, 0.15) is 22.6 Å². The number of hydrogen-bond acceptors (Lipinski definition) is 6. The van der Waals surface area contributed by atoms with Crippen molar-refractivity contribution in [3.8, 4) is 0 Å². The second-order valence-electron chi connectivity index (χ2n) is 13.2. The predicted molar refractivity (Wildman–Crippen MR) is 130 cm³/mol. The van der Waals surface area contributed by atoms with Gasteiger partial charge < -0.3 is 30.6 Å². The number of rotatable bonds is 7. The zero-order chi connectivity index (χ0) is 28.3. The highest BCUT2D eigenvalue weighted by molar-refractivity contribution is 5.71. The van der Waals surface area contributed by atoms with Gasteiger partial charge in [0, 0.05) is 18.3 Å². The molecule has 3 fully saturated rings. The zero-order valence-electron chi connectivity index (χ0n) is 21.9. The third-order valence-corrected chi connectivity index (χ3v) is 12.0. The van der Waals surface area contributed by atoms with E-state index in [1.54, 1.807) is 13.8 Å². The Morgan fingerprint density at radius 2 is 1.55 bits per heavy atom. The number of carboxylic acid groups (broad SMARTS) is 3. The Balaban J connectivity index is 1.61. The fourth-order valence-electron chi connectivity index (χ4n) is 9.96. The minimum Gasteiger partial charge on any atom is -0.481 e. The third-order valence-electron chi connectivity index (χ3n) is 12.0. The van der Waals surface area contributed by atoms with Gasteiger partial charge in [0.25, 0.3) is 0 Å². The Hall–Kier alpha value is -2.30. The average Bonchev–Trinajstić information content (AvgIpc) is 3.26. The largest absolute Gasteiger partial charge is 0.481 e. The van der Waals surface area contributed by atoms with E-state index >= 15 is 4.39 Å². The highest BCUT2D eigenvalue weighted by Gasteiger charge is 2.86. The summed E-state index contributed by atoms with van der Waals surface area (Å²) in [4.78, 5) is 35.2. The van der Waals surface area contributed by atoms with Crippen molar-refractivity contribution in [2.24, 2.45) is 39.9 Å². The van der Waals surface area contributed by atoms with Gasteiger partial charge in [-0.15, -0.1) is 0 Å². The van der Waals surface area contributed by atoms with E-state index in [1.165, 1.54) is 6.08 Å². The van der Waals surface area contributed by atoms with Crippen molar-refractivity contribution in [1.29, 1.82) is 0 Å². The van der Waals surface area contributed by atoms with Crippen LogP contribution in [-0.2, 0) is 14.4 Å². The summed E-state index contributed by atoms with van der Waals surface area (Å²) in [5.41, 5.74) is -9.12. The molecule has 38 heavy (non-hydrogen) atoms. The molecule has 0 amide bonds. The summed E-state index contributed by atoms with van der Waals surface area (Å²) in [7, 11) is 0. The summed E-state index contributed by atoms with van der Waals surface area (Å²) >= 11 is 0. The molecule has 0 spiro atoms. The van der Waals surface area contributed by atoms with E-state index < -0.39 is 75.0 Å². The summed E-state index contributed by atoms with van der Waals surface area (Å²) in [5, 5.41) is 63.0. The summed E-state index contributed by atoms with van der Waals surface area (Å²) in [6, 6.07) is 0. The van der Waals surface area contributed by atoms with E-state index in [9.17, 15) is 45.0 Å². The molecule has 5 aliphatic carbocycles. The zero-order valence-corrected chi connectivity index (χ0v) is 21.9. The Morgan fingerprint density at radius 1 is 0.947 bits per heavy atom. The maximum absolute atomic E-state index is 16.0. The topological polar surface area (TPSA) is 173 Å². The van der Waals surface area contributed by atoms with Crippen molar-refractivity contribution < 1.29 is 49.4 Å². The molecule has 0 heterocycles. The van der Waals surface area contributed by atoms with Crippen LogP contribution in [0, 0.1) is 39.9 Å². The minimum absolute atomic E-state index is 0.00446. The van der Waals surface area contributed by atoms with Crippen LogP contribution in [0.2, 0.25) is 0 Å². The maximum atomic E-state index is 16.0. The first-order valence-electron chi connectivity index (χ1n) is 13.4. The monoisotopic (exact) mass is 536 g/mol. The average molecular weight is 537 g/mol. The van der Waals surface area contributed by atoms with Crippen LogP contribution in [-0.4, -0.2) is 65.4 Å². The molecule has 6 N–H and O–H groups in total. The molecule has 9 nitrogen and oxygen atoms in total. The lowest BCUT2D eigenvalue weighted by molar-refractivity contribution is -0.180. The molecular weight excluding hydrogens is 499 g/mol. The molecule has 10 heteroatoms. The normalized spacial score (nSPS) is 49.4. The van der Waals surface area contributed by atoms with Crippen molar-refractivity contribution in [2.75, 3.05) is 0 Å². The molecule has 0 saturated heterocycles. The van der Waals surface area contributed by atoms with Gasteiger partial charge in [-0.2, -0.15) is 0 Å². The highest BCUT2D eigenvalue weighted by atomic mass is 19.1. The Labute approximate surface area is 220 Å². The SMILES string of the molecule is C[C@H](CC(=O)O)[C@@]1(CC(=O)O)CC[C@H]2[C@@H]3C=C(F)C4=C[C@@](O)(CC(=O)O)C5(O)CC5(O)[C@@]4(C)[C@@H]3CC[C@@]21C. The van der Waals surface area contributed by atoms with Crippen LogP contribution in [0.5, 0.6) is 0 Å². The number of allylic oxidation sites excluding steroid dienone is 2. The summed E-state index contributed by atoms with van der Waals surface area (Å²) in [6.45, 7) is 5.46. The number of carbonyl (C=O) groups is 3. The number of carboxylic acids is 3. The first-order valence-corrected chi connectivity index (χ1v) is 13.4. The van der Waals surface area contributed by atoms with Gasteiger partial charge in [-0.05, 0) is 77.9 Å². The summed E-state index contributed by atoms with van der Waals surface area (Å²) in [6.07, 6.45) is 3.07. The molecule has 10 atom stereocenters. The first kappa shape index (κ1) is 27.3. The van der Waals surface area contributed by atoms with E-state index in [1.807, 2.05) is 6.92 Å². The Kier molecular flexibility index (Phi) is 5.66. The van der Waals surface area contributed by atoms with E-state index in [4.69, 9.17) is 0 Å². The standard InChI is InChI=1S/C28H37FO9/c1-14(8-20(30)31)25(11-21(32)33)7-5-16-15-9-19(29)18-10-26(36,12-22(34)35)28(38)13-27(28,37)24(18,3)17(15)4-6-23(16,25)2/h9-10,14-17,36-38H,4-8,11-13H2,1-3H3,(H,30,31)(H,32,33)(H,34,35)/t14-,15+,16+,17-,23+,24+,25+,26-,27?,28?/m1/s1. The van der Waals surface area contributed by atoms with E-state index in [-0.39, 0.29) is 36.7 Å². The summed E-state index contributed by atoms with van der Waals surface area (Å²) < 4.78 is 16.0. The number of hydrogen-bond donors (Lipinski definition) is 6. The van der Waals surface area contributed by atoms with Crippen molar-refractivity contribution in [3.63, 3.8) is 0 Å². The van der Waals surface area contributed by atoms with Crippen molar-refractivity contribution in [3.05, 3.63) is 23.6 Å². The van der Waals surface area contributed by atoms with Crippen molar-refractivity contribution in [2.45, 2.75) is 88.9 Å². The molecule has 0 aliphatic heterocycles. The van der Waals surface area contributed by atoms with Crippen molar-refractivity contribution >= 4 is 17.9 Å².